The maximum absolute atomic E-state index is 13.9. The van der Waals surface area contributed by atoms with Gasteiger partial charge < -0.3 is 9.47 Å². The highest BCUT2D eigenvalue weighted by Gasteiger charge is 2.25. The summed E-state index contributed by atoms with van der Waals surface area (Å²) in [6.45, 7) is 8.83. The molecule has 9 nitrogen and oxygen atoms in total. The number of amides is 1. The third-order valence-electron chi connectivity index (χ3n) is 7.68. The summed E-state index contributed by atoms with van der Waals surface area (Å²) in [6, 6.07) is 21.0. The third-order valence-corrected chi connectivity index (χ3v) is 8.12. The van der Waals surface area contributed by atoms with Crippen LogP contribution in [0.15, 0.2) is 79.3 Å². The van der Waals surface area contributed by atoms with Crippen LogP contribution < -0.4 is 5.43 Å². The van der Waals surface area contributed by atoms with Crippen LogP contribution in [-0.2, 0) is 24.3 Å². The Hall–Kier alpha value is -4.15. The van der Waals surface area contributed by atoms with E-state index < -0.39 is 4.92 Å². The van der Waals surface area contributed by atoms with Gasteiger partial charge in [-0.25, -0.2) is 15.4 Å². The molecular weight excluding hydrogens is 560 g/mol. The number of nitrogens with zero attached hydrogens (tertiary/aromatic N) is 5. The molecule has 226 valence electrons. The van der Waals surface area contributed by atoms with Gasteiger partial charge in [-0.2, -0.15) is 0 Å². The van der Waals surface area contributed by atoms with Crippen molar-refractivity contribution in [3.05, 3.63) is 106 Å². The molecule has 10 heteroatoms. The zero-order valence-corrected chi connectivity index (χ0v) is 25.9. The lowest BCUT2D eigenvalue weighted by Crippen LogP contribution is -2.53. The molecule has 0 spiro atoms. The largest absolute Gasteiger partial charge is 0.343 e. The van der Waals surface area contributed by atoms with Gasteiger partial charge in [0, 0.05) is 50.2 Å². The van der Waals surface area contributed by atoms with E-state index in [1.165, 1.54) is 22.9 Å². The van der Waals surface area contributed by atoms with Crippen LogP contribution >= 0.6 is 12.2 Å². The fourth-order valence-corrected chi connectivity index (χ4v) is 5.29. The number of fused-ring (bicyclic) bond motifs is 1. The van der Waals surface area contributed by atoms with Crippen LogP contribution in [0.2, 0.25) is 0 Å². The molecule has 43 heavy (non-hydrogen) atoms. The highest BCUT2D eigenvalue weighted by atomic mass is 32.1. The molecule has 0 fully saturated rings. The number of hydrogen-bond acceptors (Lipinski definition) is 6. The van der Waals surface area contributed by atoms with Crippen molar-refractivity contribution in [1.82, 2.24) is 24.9 Å². The number of nitro benzene ring substituents is 1. The standard InChI is InChI=1S/C33H40N6O3S/c1-4-19-36(23-28-11-8-10-27-9-6-7-12-31(27)28)33(43)38(35-18-17-25(3)5-2)32(40)20-30-21-34-24-37(30)22-26-13-15-29(16-14-26)39(41)42/h6-16,21,24-25,35H,4-5,17-20,22-23H2,1-3H3/t25-/m0/s1. The van der Waals surface area contributed by atoms with Crippen LogP contribution in [0.25, 0.3) is 10.8 Å². The van der Waals surface area contributed by atoms with Gasteiger partial charge in [0.05, 0.1) is 17.7 Å². The molecule has 0 unspecified atom stereocenters. The topological polar surface area (TPSA) is 96.5 Å². The van der Waals surface area contributed by atoms with Crippen LogP contribution in [0.5, 0.6) is 0 Å². The predicted octanol–water partition coefficient (Wildman–Crippen LogP) is 6.50. The molecule has 4 rings (SSSR count). The SMILES string of the molecule is CCCN(Cc1cccc2ccccc12)C(=S)N(NCC[C@@H](C)CC)C(=O)Cc1cncn1Cc1ccc([N+](=O)[O-])cc1. The Balaban J connectivity index is 1.55. The van der Waals surface area contributed by atoms with Crippen molar-refractivity contribution in [2.24, 2.45) is 5.92 Å². The number of non-ortho nitro benzene ring substituents is 1. The van der Waals surface area contributed by atoms with Crippen LogP contribution in [0.4, 0.5) is 5.69 Å². The predicted molar refractivity (Wildman–Crippen MR) is 174 cm³/mol. The van der Waals surface area contributed by atoms with E-state index in [-0.39, 0.29) is 18.0 Å². The quantitative estimate of drug-likeness (QED) is 0.100. The fraction of sp³-hybridized carbons (Fsp3) is 0.364. The molecule has 0 saturated heterocycles. The summed E-state index contributed by atoms with van der Waals surface area (Å²) in [4.78, 5) is 30.9. The molecule has 1 amide bonds. The monoisotopic (exact) mass is 600 g/mol. The van der Waals surface area contributed by atoms with Crippen molar-refractivity contribution in [1.29, 1.82) is 0 Å². The molecule has 0 aliphatic heterocycles. The molecule has 0 bridgehead atoms. The van der Waals surface area contributed by atoms with Crippen molar-refractivity contribution in [2.75, 3.05) is 13.1 Å². The second-order valence-electron chi connectivity index (χ2n) is 10.9. The molecule has 0 radical (unpaired) electrons. The number of carbonyl (C=O) groups excluding carboxylic acids is 1. The Bertz CT molecular complexity index is 1530. The van der Waals surface area contributed by atoms with Crippen LogP contribution in [0.3, 0.4) is 0 Å². The lowest BCUT2D eigenvalue weighted by Gasteiger charge is -2.33. The molecular formula is C33H40N6O3S. The van der Waals surface area contributed by atoms with Crippen molar-refractivity contribution in [3.8, 4) is 0 Å². The zero-order chi connectivity index (χ0) is 30.8. The molecule has 0 aliphatic carbocycles. The minimum absolute atomic E-state index is 0.0394. The first-order chi connectivity index (χ1) is 20.8. The average molecular weight is 601 g/mol. The molecule has 1 aromatic heterocycles. The van der Waals surface area contributed by atoms with Gasteiger partial charge in [0.15, 0.2) is 5.11 Å². The van der Waals surface area contributed by atoms with Crippen molar-refractivity contribution in [2.45, 2.75) is 59.5 Å². The summed E-state index contributed by atoms with van der Waals surface area (Å²) < 4.78 is 1.89. The highest BCUT2D eigenvalue weighted by molar-refractivity contribution is 7.80. The van der Waals surface area contributed by atoms with E-state index in [9.17, 15) is 14.9 Å². The summed E-state index contributed by atoms with van der Waals surface area (Å²) in [6.07, 6.45) is 6.30. The first-order valence-electron chi connectivity index (χ1n) is 14.8. The Morgan fingerprint density at radius 2 is 1.84 bits per heavy atom. The number of nitrogens with one attached hydrogen (secondary N) is 1. The number of carbonyl (C=O) groups is 1. The van der Waals surface area contributed by atoms with Gasteiger partial charge in [-0.3, -0.25) is 14.9 Å². The van der Waals surface area contributed by atoms with Gasteiger partial charge in [0.1, 0.15) is 0 Å². The maximum atomic E-state index is 13.9. The maximum Gasteiger partial charge on any atom is 0.269 e. The van der Waals surface area contributed by atoms with Gasteiger partial charge in [-0.05, 0) is 52.9 Å². The van der Waals surface area contributed by atoms with Crippen LogP contribution in [0, 0.1) is 16.0 Å². The molecule has 1 N–H and O–H groups in total. The number of rotatable bonds is 14. The second-order valence-corrected chi connectivity index (χ2v) is 11.3. The smallest absolute Gasteiger partial charge is 0.269 e. The van der Waals surface area contributed by atoms with Gasteiger partial charge >= 0.3 is 0 Å². The summed E-state index contributed by atoms with van der Waals surface area (Å²) in [5, 5.41) is 15.4. The summed E-state index contributed by atoms with van der Waals surface area (Å²) in [7, 11) is 0. The van der Waals surface area contributed by atoms with Gasteiger partial charge in [-0.15, -0.1) is 0 Å². The Morgan fingerprint density at radius 1 is 1.09 bits per heavy atom. The number of hydrazine groups is 1. The molecule has 1 heterocycles. The van der Waals surface area contributed by atoms with Gasteiger partial charge in [0.25, 0.3) is 5.69 Å². The number of aromatic nitrogens is 2. The van der Waals surface area contributed by atoms with E-state index in [1.54, 1.807) is 29.7 Å². The van der Waals surface area contributed by atoms with E-state index in [1.807, 2.05) is 16.7 Å². The van der Waals surface area contributed by atoms with E-state index >= 15 is 0 Å². The third kappa shape index (κ3) is 8.46. The highest BCUT2D eigenvalue weighted by Crippen LogP contribution is 2.21. The summed E-state index contributed by atoms with van der Waals surface area (Å²) in [5.41, 5.74) is 6.15. The van der Waals surface area contributed by atoms with Gasteiger partial charge in [0.2, 0.25) is 5.91 Å². The molecule has 4 aromatic rings. The van der Waals surface area contributed by atoms with Crippen molar-refractivity contribution < 1.29 is 9.72 Å². The lowest BCUT2D eigenvalue weighted by atomic mass is 10.0. The van der Waals surface area contributed by atoms with Crippen molar-refractivity contribution in [3.63, 3.8) is 0 Å². The molecule has 0 aliphatic rings. The van der Waals surface area contributed by atoms with Crippen molar-refractivity contribution >= 4 is 39.7 Å². The van der Waals surface area contributed by atoms with Crippen LogP contribution in [0.1, 0.15) is 56.9 Å². The minimum atomic E-state index is -0.418. The lowest BCUT2D eigenvalue weighted by molar-refractivity contribution is -0.384. The summed E-state index contributed by atoms with van der Waals surface area (Å²) >= 11 is 6.03. The zero-order valence-electron chi connectivity index (χ0n) is 25.1. The number of benzene rings is 3. The first-order valence-corrected chi connectivity index (χ1v) is 15.3. The normalized spacial score (nSPS) is 11.8. The van der Waals surface area contributed by atoms with E-state index in [4.69, 9.17) is 12.2 Å². The molecule has 3 aromatic carbocycles. The number of thiocarbonyl (C=S) groups is 1. The van der Waals surface area contributed by atoms with Crippen LogP contribution in [-0.4, -0.2) is 48.5 Å². The van der Waals surface area contributed by atoms with E-state index in [0.29, 0.717) is 37.2 Å². The average Bonchev–Trinajstić information content (AvgIpc) is 3.44. The first kappa shape index (κ1) is 31.8. The number of hydrogen-bond donors (Lipinski definition) is 1. The number of imidazole rings is 1. The fourth-order valence-electron chi connectivity index (χ4n) is 4.97. The minimum Gasteiger partial charge on any atom is -0.343 e. The Labute approximate surface area is 258 Å². The second kappa shape index (κ2) is 15.4. The molecule has 1 atom stereocenters. The van der Waals surface area contributed by atoms with E-state index in [2.05, 4.69) is 66.4 Å². The Kier molecular flexibility index (Phi) is 11.4. The Morgan fingerprint density at radius 3 is 2.56 bits per heavy atom. The number of nitro groups is 1. The van der Waals surface area contributed by atoms with E-state index in [0.717, 1.165) is 36.1 Å². The van der Waals surface area contributed by atoms with Gasteiger partial charge in [-0.1, -0.05) is 81.8 Å². The summed E-state index contributed by atoms with van der Waals surface area (Å²) in [5.74, 6) is 0.349. The molecule has 0 saturated carbocycles.